The third-order valence-electron chi connectivity index (χ3n) is 7.20. The van der Waals surface area contributed by atoms with Crippen molar-refractivity contribution in [2.24, 2.45) is 5.73 Å². The van der Waals surface area contributed by atoms with E-state index in [1.165, 1.54) is 24.3 Å². The van der Waals surface area contributed by atoms with Gasteiger partial charge in [-0.15, -0.1) is 13.2 Å². The van der Waals surface area contributed by atoms with E-state index in [9.17, 15) is 22.8 Å². The largest absolute Gasteiger partial charge is 0.573 e. The molecule has 0 spiro atoms. The molecule has 0 unspecified atom stereocenters. The summed E-state index contributed by atoms with van der Waals surface area (Å²) >= 11 is 0. The highest BCUT2D eigenvalue weighted by Gasteiger charge is 2.31. The SMILES string of the molecule is Cc1nc(-c2cnc(OC3CCN(C(=O)Cc4ccc(OC(F)(F)F)cc4)CC3)c(C(N)=O)c2)cn1COCC[Si](C)(C)C. The number of amides is 2. The summed E-state index contributed by atoms with van der Waals surface area (Å²) in [5.74, 6) is -0.282. The standard InChI is InChI=1S/C30H38F3N5O5Si/c1-20-36-26(18-38(20)19-41-13-14-44(2,3)4)22-16-25(28(34)40)29(35-17-22)42-23-9-11-37(12-10-23)27(39)15-21-5-7-24(8-6-21)43-30(31,32)33/h5-8,16-18,23H,9-15,19H2,1-4H3,(H2,34,40). The Kier molecular flexibility index (Phi) is 10.4. The number of carbonyl (C=O) groups is 2. The van der Waals surface area contributed by atoms with E-state index in [0.717, 1.165) is 11.9 Å². The predicted molar refractivity (Wildman–Crippen MR) is 160 cm³/mol. The molecule has 2 N–H and O–H groups in total. The first-order chi connectivity index (χ1) is 20.7. The molecular formula is C30H38F3N5O5Si. The molecule has 3 heterocycles. The fraction of sp³-hybridized carbons (Fsp3) is 0.467. The van der Waals surface area contributed by atoms with Crippen molar-refractivity contribution in [2.45, 2.75) is 71.1 Å². The smallest absolute Gasteiger partial charge is 0.474 e. The van der Waals surface area contributed by atoms with Gasteiger partial charge < -0.3 is 29.4 Å². The Labute approximate surface area is 255 Å². The van der Waals surface area contributed by atoms with Crippen LogP contribution in [0, 0.1) is 6.92 Å². The van der Waals surface area contributed by atoms with Crippen molar-refractivity contribution in [3.8, 4) is 22.9 Å². The molecule has 0 atom stereocenters. The maximum atomic E-state index is 12.8. The minimum Gasteiger partial charge on any atom is -0.474 e. The van der Waals surface area contributed by atoms with Gasteiger partial charge in [0.2, 0.25) is 11.8 Å². The van der Waals surface area contributed by atoms with E-state index in [1.54, 1.807) is 17.2 Å². The summed E-state index contributed by atoms with van der Waals surface area (Å²) in [6, 6.07) is 7.92. The number of nitrogens with zero attached hydrogens (tertiary/aromatic N) is 4. The van der Waals surface area contributed by atoms with Gasteiger partial charge in [0.15, 0.2) is 0 Å². The molecule has 0 bridgehead atoms. The van der Waals surface area contributed by atoms with E-state index in [1.807, 2.05) is 17.7 Å². The number of piperidine rings is 1. The molecule has 1 aliphatic rings. The number of primary amides is 1. The van der Waals surface area contributed by atoms with Gasteiger partial charge in [-0.05, 0) is 36.7 Å². The molecule has 3 aromatic rings. The number of hydrogen-bond donors (Lipinski definition) is 1. The molecule has 0 aliphatic carbocycles. The van der Waals surface area contributed by atoms with Crippen LogP contribution < -0.4 is 15.2 Å². The van der Waals surface area contributed by atoms with Gasteiger partial charge in [-0.1, -0.05) is 31.8 Å². The third kappa shape index (κ3) is 9.54. The summed E-state index contributed by atoms with van der Waals surface area (Å²) in [7, 11) is -1.19. The number of nitrogens with two attached hydrogens (primary N) is 1. The maximum Gasteiger partial charge on any atom is 0.573 e. The van der Waals surface area contributed by atoms with Crippen LogP contribution in [0.3, 0.4) is 0 Å². The zero-order valence-corrected chi connectivity index (χ0v) is 26.3. The van der Waals surface area contributed by atoms with E-state index >= 15 is 0 Å². The van der Waals surface area contributed by atoms with Crippen molar-refractivity contribution in [3.63, 3.8) is 0 Å². The monoisotopic (exact) mass is 633 g/mol. The van der Waals surface area contributed by atoms with Crippen LogP contribution in [0.5, 0.6) is 11.6 Å². The molecule has 10 nitrogen and oxygen atoms in total. The lowest BCUT2D eigenvalue weighted by Gasteiger charge is -2.32. The van der Waals surface area contributed by atoms with E-state index in [2.05, 4.69) is 34.3 Å². The Hall–Kier alpha value is -3.91. The molecule has 1 fully saturated rings. The van der Waals surface area contributed by atoms with Crippen LogP contribution in [-0.2, 0) is 22.7 Å². The van der Waals surface area contributed by atoms with Gasteiger partial charge in [-0.25, -0.2) is 9.97 Å². The summed E-state index contributed by atoms with van der Waals surface area (Å²) in [5.41, 5.74) is 7.64. The fourth-order valence-corrected chi connectivity index (χ4v) is 5.42. The number of benzene rings is 1. The molecule has 14 heteroatoms. The number of pyridine rings is 1. The lowest BCUT2D eigenvalue weighted by Crippen LogP contribution is -2.42. The summed E-state index contributed by atoms with van der Waals surface area (Å²) in [5, 5.41) is 0. The number of hydrogen-bond acceptors (Lipinski definition) is 7. The molecule has 4 rings (SSSR count). The minimum absolute atomic E-state index is 0.0481. The van der Waals surface area contributed by atoms with Crippen molar-refractivity contribution in [3.05, 3.63) is 59.7 Å². The van der Waals surface area contributed by atoms with Gasteiger partial charge in [-0.3, -0.25) is 9.59 Å². The summed E-state index contributed by atoms with van der Waals surface area (Å²) in [6.07, 6.45) is -0.561. The Morgan fingerprint density at radius 3 is 2.41 bits per heavy atom. The van der Waals surface area contributed by atoms with Gasteiger partial charge in [0.05, 0.1) is 12.1 Å². The van der Waals surface area contributed by atoms with E-state index < -0.39 is 20.3 Å². The highest BCUT2D eigenvalue weighted by Crippen LogP contribution is 2.27. The number of alkyl halides is 3. The van der Waals surface area contributed by atoms with Crippen LogP contribution in [0.2, 0.25) is 25.7 Å². The van der Waals surface area contributed by atoms with Crippen LogP contribution in [-0.4, -0.2) is 71.5 Å². The van der Waals surface area contributed by atoms with Gasteiger partial charge in [0, 0.05) is 58.6 Å². The highest BCUT2D eigenvalue weighted by molar-refractivity contribution is 6.76. The van der Waals surface area contributed by atoms with Crippen molar-refractivity contribution in [1.82, 2.24) is 19.4 Å². The van der Waals surface area contributed by atoms with Crippen LogP contribution >= 0.6 is 0 Å². The average molecular weight is 634 g/mol. The van der Waals surface area contributed by atoms with Gasteiger partial charge in [0.25, 0.3) is 5.91 Å². The van der Waals surface area contributed by atoms with Crippen LogP contribution in [0.1, 0.15) is 34.6 Å². The number of imidazole rings is 1. The van der Waals surface area contributed by atoms with Crippen LogP contribution in [0.4, 0.5) is 13.2 Å². The van der Waals surface area contributed by atoms with Gasteiger partial charge >= 0.3 is 6.36 Å². The Morgan fingerprint density at radius 1 is 1.11 bits per heavy atom. The van der Waals surface area contributed by atoms with Crippen molar-refractivity contribution in [2.75, 3.05) is 19.7 Å². The van der Waals surface area contributed by atoms with Gasteiger partial charge in [0.1, 0.15) is 30.0 Å². The lowest BCUT2D eigenvalue weighted by atomic mass is 10.1. The molecular weight excluding hydrogens is 595 g/mol. The second-order valence-electron chi connectivity index (χ2n) is 12.0. The Morgan fingerprint density at radius 2 is 1.80 bits per heavy atom. The third-order valence-corrected chi connectivity index (χ3v) is 8.90. The number of carbonyl (C=O) groups excluding carboxylic acids is 2. The van der Waals surface area contributed by atoms with E-state index in [-0.39, 0.29) is 35.6 Å². The normalized spacial score (nSPS) is 14.5. The van der Waals surface area contributed by atoms with Crippen molar-refractivity contribution in [1.29, 1.82) is 0 Å². The molecule has 2 aromatic heterocycles. The topological polar surface area (TPSA) is 122 Å². The molecule has 2 amide bonds. The quantitative estimate of drug-likeness (QED) is 0.216. The van der Waals surface area contributed by atoms with Crippen LogP contribution in [0.15, 0.2) is 42.7 Å². The number of aromatic nitrogens is 3. The fourth-order valence-electron chi connectivity index (χ4n) is 4.66. The number of aryl methyl sites for hydroxylation is 1. The summed E-state index contributed by atoms with van der Waals surface area (Å²) < 4.78 is 54.8. The summed E-state index contributed by atoms with van der Waals surface area (Å²) in [6.45, 7) is 10.7. The molecule has 0 saturated carbocycles. The first-order valence-electron chi connectivity index (χ1n) is 14.4. The Balaban J connectivity index is 1.32. The van der Waals surface area contributed by atoms with Crippen LogP contribution in [0.25, 0.3) is 11.3 Å². The maximum absolute atomic E-state index is 12.8. The summed E-state index contributed by atoms with van der Waals surface area (Å²) in [4.78, 5) is 35.8. The minimum atomic E-state index is -4.77. The predicted octanol–water partition coefficient (Wildman–Crippen LogP) is 5.18. The number of ether oxygens (including phenoxy) is 3. The van der Waals surface area contributed by atoms with Crippen molar-refractivity contribution >= 4 is 19.9 Å². The molecule has 1 aliphatic heterocycles. The van der Waals surface area contributed by atoms with E-state index in [0.29, 0.717) is 56.1 Å². The van der Waals surface area contributed by atoms with Gasteiger partial charge in [-0.2, -0.15) is 0 Å². The Bertz CT molecular complexity index is 1450. The first kappa shape index (κ1) is 33.0. The molecule has 0 radical (unpaired) electrons. The highest BCUT2D eigenvalue weighted by atomic mass is 28.3. The molecule has 1 aromatic carbocycles. The zero-order chi connectivity index (χ0) is 32.1. The second-order valence-corrected chi connectivity index (χ2v) is 17.6. The molecule has 44 heavy (non-hydrogen) atoms. The molecule has 1 saturated heterocycles. The second kappa shape index (κ2) is 13.8. The zero-order valence-electron chi connectivity index (χ0n) is 25.3. The molecule has 238 valence electrons. The lowest BCUT2D eigenvalue weighted by molar-refractivity contribution is -0.274. The first-order valence-corrected chi connectivity index (χ1v) is 18.1. The number of likely N-dealkylation sites (tertiary alicyclic amines) is 1. The number of rotatable bonds is 12. The van der Waals surface area contributed by atoms with E-state index in [4.69, 9.17) is 15.2 Å². The number of halogens is 3. The van der Waals surface area contributed by atoms with Crippen molar-refractivity contribution < 1.29 is 37.0 Å². The average Bonchev–Trinajstić information content (AvgIpc) is 3.31.